The fraction of sp³-hybridized carbons (Fsp3) is 0.125. The molecule has 0 bridgehead atoms. The largest absolute Gasteiger partial charge is 0.481 e. The summed E-state index contributed by atoms with van der Waals surface area (Å²) in [5.74, 6) is 0.565. The van der Waals surface area contributed by atoms with E-state index in [0.717, 1.165) is 27.2 Å². The summed E-state index contributed by atoms with van der Waals surface area (Å²) in [6.45, 7) is 1.95. The minimum absolute atomic E-state index is 0.137. The summed E-state index contributed by atoms with van der Waals surface area (Å²) < 4.78 is 6.01. The zero-order valence-corrected chi connectivity index (χ0v) is 15.2. The Labute approximate surface area is 158 Å². The van der Waals surface area contributed by atoms with Gasteiger partial charge in [-0.1, -0.05) is 73.7 Å². The lowest BCUT2D eigenvalue weighted by atomic mass is 10.1. The van der Waals surface area contributed by atoms with E-state index in [0.29, 0.717) is 12.2 Å². The monoisotopic (exact) mass is 355 g/mol. The van der Waals surface area contributed by atoms with Crippen molar-refractivity contribution >= 4 is 33.1 Å². The van der Waals surface area contributed by atoms with Crippen molar-refractivity contribution in [1.82, 2.24) is 0 Å². The molecule has 1 unspecified atom stereocenters. The van der Waals surface area contributed by atoms with Crippen LogP contribution in [0.1, 0.15) is 13.3 Å². The second kappa shape index (κ2) is 7.50. The van der Waals surface area contributed by atoms with Gasteiger partial charge in [0, 0.05) is 11.1 Å². The van der Waals surface area contributed by atoms with E-state index in [1.165, 1.54) is 0 Å². The Morgan fingerprint density at radius 3 is 2.37 bits per heavy atom. The van der Waals surface area contributed by atoms with Gasteiger partial charge in [-0.05, 0) is 40.8 Å². The minimum Gasteiger partial charge on any atom is -0.481 e. The fourth-order valence-corrected chi connectivity index (χ4v) is 3.27. The van der Waals surface area contributed by atoms with E-state index >= 15 is 0 Å². The average molecular weight is 355 g/mol. The number of benzene rings is 4. The third kappa shape index (κ3) is 3.63. The lowest BCUT2D eigenvalue weighted by Crippen LogP contribution is -2.32. The van der Waals surface area contributed by atoms with E-state index < -0.39 is 6.10 Å². The zero-order chi connectivity index (χ0) is 18.6. The molecule has 3 nitrogen and oxygen atoms in total. The Morgan fingerprint density at radius 2 is 1.56 bits per heavy atom. The smallest absolute Gasteiger partial charge is 0.265 e. The maximum Gasteiger partial charge on any atom is 0.265 e. The number of hydrogen-bond donors (Lipinski definition) is 1. The highest BCUT2D eigenvalue weighted by Crippen LogP contribution is 2.25. The molecule has 4 aromatic carbocycles. The minimum atomic E-state index is -0.551. The van der Waals surface area contributed by atoms with Crippen molar-refractivity contribution in [1.29, 1.82) is 0 Å². The Morgan fingerprint density at radius 1 is 0.852 bits per heavy atom. The van der Waals surface area contributed by atoms with Gasteiger partial charge in [0.15, 0.2) is 6.10 Å². The van der Waals surface area contributed by atoms with Crippen molar-refractivity contribution in [3.63, 3.8) is 0 Å². The number of nitrogens with one attached hydrogen (secondary N) is 1. The van der Waals surface area contributed by atoms with Crippen LogP contribution in [0.3, 0.4) is 0 Å². The number of fused-ring (bicyclic) bond motifs is 2. The molecule has 0 aliphatic heterocycles. The molecule has 0 fully saturated rings. The second-order valence-electron chi connectivity index (χ2n) is 6.54. The van der Waals surface area contributed by atoms with Crippen LogP contribution in [0.4, 0.5) is 5.69 Å². The summed E-state index contributed by atoms with van der Waals surface area (Å²) in [6.07, 6.45) is 0.0359. The molecule has 1 atom stereocenters. The molecule has 0 aromatic heterocycles. The van der Waals surface area contributed by atoms with Crippen LogP contribution in [0.15, 0.2) is 84.9 Å². The van der Waals surface area contributed by atoms with Crippen LogP contribution in [-0.2, 0) is 4.79 Å². The summed E-state index contributed by atoms with van der Waals surface area (Å²) in [5.41, 5.74) is 0.804. The van der Waals surface area contributed by atoms with E-state index in [4.69, 9.17) is 4.74 Å². The first-order valence-corrected chi connectivity index (χ1v) is 9.18. The molecule has 0 saturated carbocycles. The van der Waals surface area contributed by atoms with E-state index in [2.05, 4.69) is 11.4 Å². The van der Waals surface area contributed by atoms with Gasteiger partial charge in [-0.3, -0.25) is 4.79 Å². The topological polar surface area (TPSA) is 38.3 Å². The van der Waals surface area contributed by atoms with Gasteiger partial charge in [0.25, 0.3) is 5.91 Å². The Kier molecular flexibility index (Phi) is 4.75. The van der Waals surface area contributed by atoms with Crippen molar-refractivity contribution in [2.45, 2.75) is 19.4 Å². The first-order valence-electron chi connectivity index (χ1n) is 9.18. The molecule has 0 spiro atoms. The number of carbonyl (C=O) groups excluding carboxylic acids is 1. The predicted molar refractivity (Wildman–Crippen MR) is 111 cm³/mol. The van der Waals surface area contributed by atoms with E-state index in [1.54, 1.807) is 0 Å². The highest BCUT2D eigenvalue weighted by molar-refractivity contribution is 6.03. The van der Waals surface area contributed by atoms with Gasteiger partial charge < -0.3 is 10.1 Å². The third-order valence-electron chi connectivity index (χ3n) is 4.71. The van der Waals surface area contributed by atoms with Crippen molar-refractivity contribution in [3.05, 3.63) is 84.9 Å². The zero-order valence-electron chi connectivity index (χ0n) is 15.2. The van der Waals surface area contributed by atoms with Gasteiger partial charge in [0.1, 0.15) is 5.75 Å². The lowest BCUT2D eigenvalue weighted by molar-refractivity contribution is -0.122. The summed E-state index contributed by atoms with van der Waals surface area (Å²) in [4.78, 5) is 12.8. The molecule has 0 heterocycles. The first-order chi connectivity index (χ1) is 13.2. The van der Waals surface area contributed by atoms with Crippen molar-refractivity contribution in [2.75, 3.05) is 5.32 Å². The van der Waals surface area contributed by atoms with Gasteiger partial charge >= 0.3 is 0 Å². The van der Waals surface area contributed by atoms with Gasteiger partial charge in [0.05, 0.1) is 0 Å². The molecule has 0 radical (unpaired) electrons. The highest BCUT2D eigenvalue weighted by atomic mass is 16.5. The van der Waals surface area contributed by atoms with Crippen LogP contribution in [0.25, 0.3) is 21.5 Å². The summed E-state index contributed by atoms with van der Waals surface area (Å²) in [7, 11) is 0. The third-order valence-corrected chi connectivity index (χ3v) is 4.71. The molecule has 1 N–H and O–H groups in total. The molecule has 0 aliphatic carbocycles. The van der Waals surface area contributed by atoms with E-state index in [9.17, 15) is 4.79 Å². The molecule has 4 rings (SSSR count). The molecule has 0 saturated heterocycles. The van der Waals surface area contributed by atoms with Crippen molar-refractivity contribution in [3.8, 4) is 5.75 Å². The number of rotatable bonds is 5. The average Bonchev–Trinajstić information content (AvgIpc) is 2.72. The first kappa shape index (κ1) is 17.1. The van der Waals surface area contributed by atoms with Crippen LogP contribution in [0.5, 0.6) is 5.75 Å². The maximum atomic E-state index is 12.8. The number of anilines is 1. The van der Waals surface area contributed by atoms with E-state index in [-0.39, 0.29) is 5.91 Å². The molecule has 134 valence electrons. The van der Waals surface area contributed by atoms with Gasteiger partial charge in [0.2, 0.25) is 0 Å². The van der Waals surface area contributed by atoms with Crippen LogP contribution < -0.4 is 10.1 Å². The molecular weight excluding hydrogens is 334 g/mol. The normalized spacial score (nSPS) is 12.0. The standard InChI is InChI=1S/C24H21NO2/c1-2-23(27-20-15-14-17-8-3-4-10-19(17)16-20)24(26)25-22-13-7-11-18-9-5-6-12-21(18)22/h3-16,23H,2H2,1H3,(H,25,26). The number of hydrogen-bond acceptors (Lipinski definition) is 2. The van der Waals surface area contributed by atoms with E-state index in [1.807, 2.05) is 85.8 Å². The van der Waals surface area contributed by atoms with Gasteiger partial charge in [-0.2, -0.15) is 0 Å². The highest BCUT2D eigenvalue weighted by Gasteiger charge is 2.19. The maximum absolute atomic E-state index is 12.8. The molecule has 27 heavy (non-hydrogen) atoms. The van der Waals surface area contributed by atoms with Crippen molar-refractivity contribution in [2.24, 2.45) is 0 Å². The summed E-state index contributed by atoms with van der Waals surface area (Å²) in [6, 6.07) is 27.9. The summed E-state index contributed by atoms with van der Waals surface area (Å²) >= 11 is 0. The predicted octanol–water partition coefficient (Wildman–Crippen LogP) is 5.79. The lowest BCUT2D eigenvalue weighted by Gasteiger charge is -2.18. The van der Waals surface area contributed by atoms with Crippen LogP contribution in [0, 0.1) is 0 Å². The van der Waals surface area contributed by atoms with Crippen LogP contribution in [0.2, 0.25) is 0 Å². The molecule has 0 aliphatic rings. The molecule has 1 amide bonds. The number of carbonyl (C=O) groups is 1. The van der Waals surface area contributed by atoms with Gasteiger partial charge in [-0.15, -0.1) is 0 Å². The van der Waals surface area contributed by atoms with Crippen LogP contribution in [-0.4, -0.2) is 12.0 Å². The quantitative estimate of drug-likeness (QED) is 0.492. The van der Waals surface area contributed by atoms with Crippen LogP contribution >= 0.6 is 0 Å². The molecular formula is C24H21NO2. The number of amides is 1. The Bertz CT molecular complexity index is 1100. The molecule has 4 aromatic rings. The SMILES string of the molecule is CCC(Oc1ccc2ccccc2c1)C(=O)Nc1cccc2ccccc12. The Balaban J connectivity index is 1.55. The fourth-order valence-electron chi connectivity index (χ4n) is 3.27. The second-order valence-corrected chi connectivity index (χ2v) is 6.54. The van der Waals surface area contributed by atoms with Crippen molar-refractivity contribution < 1.29 is 9.53 Å². The Hall–Kier alpha value is -3.33. The van der Waals surface area contributed by atoms with Gasteiger partial charge in [-0.25, -0.2) is 0 Å². The number of ether oxygens (including phenoxy) is 1. The molecule has 3 heteroatoms. The summed E-state index contributed by atoms with van der Waals surface area (Å²) in [5, 5.41) is 7.40.